The first-order chi connectivity index (χ1) is 8.78. The summed E-state index contributed by atoms with van der Waals surface area (Å²) >= 11 is 0. The largest absolute Gasteiger partial charge is 0.374 e. The van der Waals surface area contributed by atoms with Gasteiger partial charge in [0.15, 0.2) is 11.4 Å². The van der Waals surface area contributed by atoms with E-state index in [1.165, 1.54) is 6.33 Å². The summed E-state index contributed by atoms with van der Waals surface area (Å²) in [4.78, 5) is 6.23. The highest BCUT2D eigenvalue weighted by atomic mass is 16.5. The Labute approximate surface area is 106 Å². The van der Waals surface area contributed by atoms with Gasteiger partial charge in [-0.25, -0.2) is 4.98 Å². The molecule has 0 amide bonds. The molecular formula is C12H15N5O. The van der Waals surface area contributed by atoms with Crippen molar-refractivity contribution in [3.8, 4) is 12.1 Å². The number of nitriles is 2. The van der Waals surface area contributed by atoms with Gasteiger partial charge in [-0.3, -0.25) is 4.90 Å². The van der Waals surface area contributed by atoms with Crippen molar-refractivity contribution in [3.05, 3.63) is 17.7 Å². The average molecular weight is 245 g/mol. The number of hydrogen-bond acceptors (Lipinski definition) is 5. The van der Waals surface area contributed by atoms with Gasteiger partial charge in [0.05, 0.1) is 25.6 Å². The van der Waals surface area contributed by atoms with Crippen LogP contribution >= 0.6 is 0 Å². The molecule has 94 valence electrons. The second-order valence-electron chi connectivity index (χ2n) is 4.20. The third-order valence-electron chi connectivity index (χ3n) is 3.12. The molecule has 6 heteroatoms. The number of hydrogen-bond donors (Lipinski definition) is 0. The molecule has 1 aliphatic rings. The number of rotatable bonds is 3. The summed E-state index contributed by atoms with van der Waals surface area (Å²) in [7, 11) is 0. The summed E-state index contributed by atoms with van der Waals surface area (Å²) in [5.74, 6) is 0. The van der Waals surface area contributed by atoms with Crippen LogP contribution in [0.15, 0.2) is 6.33 Å². The monoisotopic (exact) mass is 245 g/mol. The number of nitrogens with zero attached hydrogens (tertiary/aromatic N) is 5. The molecule has 1 fully saturated rings. The van der Waals surface area contributed by atoms with Crippen LogP contribution in [0.4, 0.5) is 0 Å². The van der Waals surface area contributed by atoms with Crippen LogP contribution in [0.2, 0.25) is 0 Å². The first-order valence-corrected chi connectivity index (χ1v) is 5.97. The topological polar surface area (TPSA) is 77.9 Å². The Morgan fingerprint density at radius 3 is 3.00 bits per heavy atom. The summed E-state index contributed by atoms with van der Waals surface area (Å²) in [5, 5.41) is 17.9. The molecule has 1 aromatic rings. The van der Waals surface area contributed by atoms with E-state index in [2.05, 4.69) is 16.8 Å². The summed E-state index contributed by atoms with van der Waals surface area (Å²) in [6, 6.07) is 3.94. The molecule has 1 saturated heterocycles. The highest BCUT2D eigenvalue weighted by Crippen LogP contribution is 2.11. The van der Waals surface area contributed by atoms with E-state index in [0.717, 1.165) is 19.6 Å². The number of likely N-dealkylation sites (N-methyl/N-ethyl adjacent to an activating group) is 1. The molecule has 0 saturated carbocycles. The average Bonchev–Trinajstić information content (AvgIpc) is 2.80. The van der Waals surface area contributed by atoms with E-state index in [4.69, 9.17) is 15.3 Å². The van der Waals surface area contributed by atoms with E-state index in [-0.39, 0.29) is 11.8 Å². The Morgan fingerprint density at radius 2 is 2.33 bits per heavy atom. The zero-order chi connectivity index (χ0) is 13.0. The normalized spacial score (nSPS) is 20.3. The van der Waals surface area contributed by atoms with Gasteiger partial charge in [-0.15, -0.1) is 0 Å². The lowest BCUT2D eigenvalue weighted by Gasteiger charge is -2.32. The predicted molar refractivity (Wildman–Crippen MR) is 63.5 cm³/mol. The highest BCUT2D eigenvalue weighted by Gasteiger charge is 2.21. The fourth-order valence-corrected chi connectivity index (χ4v) is 2.12. The van der Waals surface area contributed by atoms with Gasteiger partial charge in [-0.05, 0) is 6.54 Å². The molecule has 0 bridgehead atoms. The zero-order valence-electron chi connectivity index (χ0n) is 10.3. The lowest BCUT2D eigenvalue weighted by Crippen LogP contribution is -2.44. The Bertz CT molecular complexity index is 496. The molecular weight excluding hydrogens is 230 g/mol. The number of ether oxygens (including phenoxy) is 1. The molecule has 6 nitrogen and oxygen atoms in total. The molecule has 0 N–H and O–H groups in total. The van der Waals surface area contributed by atoms with Crippen molar-refractivity contribution in [2.45, 2.75) is 19.6 Å². The molecule has 2 rings (SSSR count). The van der Waals surface area contributed by atoms with E-state index in [9.17, 15) is 0 Å². The quantitative estimate of drug-likeness (QED) is 0.767. The predicted octanol–water partition coefficient (Wildman–Crippen LogP) is 0.347. The van der Waals surface area contributed by atoms with Crippen LogP contribution < -0.4 is 0 Å². The molecule has 1 aliphatic heterocycles. The van der Waals surface area contributed by atoms with Crippen LogP contribution in [0.1, 0.15) is 18.3 Å². The van der Waals surface area contributed by atoms with Gasteiger partial charge < -0.3 is 9.30 Å². The van der Waals surface area contributed by atoms with Crippen LogP contribution in [-0.2, 0) is 11.3 Å². The molecule has 1 unspecified atom stereocenters. The van der Waals surface area contributed by atoms with Crippen molar-refractivity contribution in [3.63, 3.8) is 0 Å². The third-order valence-corrected chi connectivity index (χ3v) is 3.12. The maximum Gasteiger partial charge on any atom is 0.176 e. The second kappa shape index (κ2) is 5.63. The Morgan fingerprint density at radius 1 is 1.50 bits per heavy atom. The molecule has 0 aromatic carbocycles. The molecule has 0 spiro atoms. The molecule has 18 heavy (non-hydrogen) atoms. The van der Waals surface area contributed by atoms with Gasteiger partial charge in [0.1, 0.15) is 12.1 Å². The minimum atomic E-state index is 0.0477. The maximum absolute atomic E-state index is 9.03. The molecule has 0 aliphatic carbocycles. The fourth-order valence-electron chi connectivity index (χ4n) is 2.12. The minimum absolute atomic E-state index is 0.0477. The standard InChI is InChI=1S/C12H15N5O/c1-2-16-3-4-18-10(7-16)8-17-9-15-11(5-13)12(17)6-14/h9-10H,2-4,7-8H2,1H3. The second-order valence-corrected chi connectivity index (χ2v) is 4.20. The van der Waals surface area contributed by atoms with Crippen LogP contribution in [0.3, 0.4) is 0 Å². The van der Waals surface area contributed by atoms with Crippen LogP contribution in [0, 0.1) is 22.7 Å². The number of aromatic nitrogens is 2. The Balaban J connectivity index is 2.08. The Hall–Kier alpha value is -1.89. The van der Waals surface area contributed by atoms with Crippen molar-refractivity contribution in [2.75, 3.05) is 26.2 Å². The van der Waals surface area contributed by atoms with Crippen molar-refractivity contribution >= 4 is 0 Å². The van der Waals surface area contributed by atoms with Gasteiger partial charge in [0.2, 0.25) is 0 Å². The fraction of sp³-hybridized carbons (Fsp3) is 0.583. The lowest BCUT2D eigenvalue weighted by atomic mass is 10.2. The smallest absolute Gasteiger partial charge is 0.176 e. The summed E-state index contributed by atoms with van der Waals surface area (Å²) in [6.45, 7) is 6.19. The SMILES string of the molecule is CCN1CCOC(Cn2cnc(C#N)c2C#N)C1. The molecule has 1 aromatic heterocycles. The first-order valence-electron chi connectivity index (χ1n) is 5.97. The van der Waals surface area contributed by atoms with E-state index in [1.54, 1.807) is 4.57 Å². The van der Waals surface area contributed by atoms with Crippen molar-refractivity contribution < 1.29 is 4.74 Å². The van der Waals surface area contributed by atoms with Crippen molar-refractivity contribution in [1.82, 2.24) is 14.5 Å². The summed E-state index contributed by atoms with van der Waals surface area (Å²) < 4.78 is 7.37. The van der Waals surface area contributed by atoms with Crippen LogP contribution in [-0.4, -0.2) is 46.8 Å². The van der Waals surface area contributed by atoms with E-state index in [1.807, 2.05) is 12.1 Å². The summed E-state index contributed by atoms with van der Waals surface area (Å²) in [6.07, 6.45) is 1.58. The van der Waals surface area contributed by atoms with Gasteiger partial charge in [-0.2, -0.15) is 10.5 Å². The van der Waals surface area contributed by atoms with E-state index < -0.39 is 0 Å². The molecule has 0 radical (unpaired) electrons. The molecule has 1 atom stereocenters. The molecule has 2 heterocycles. The van der Waals surface area contributed by atoms with Crippen LogP contribution in [0.25, 0.3) is 0 Å². The van der Waals surface area contributed by atoms with Gasteiger partial charge in [0.25, 0.3) is 0 Å². The Kier molecular flexibility index (Phi) is 3.93. The number of morpholine rings is 1. The van der Waals surface area contributed by atoms with Crippen LogP contribution in [0.5, 0.6) is 0 Å². The van der Waals surface area contributed by atoms with Crippen molar-refractivity contribution in [2.24, 2.45) is 0 Å². The van der Waals surface area contributed by atoms with Gasteiger partial charge in [-0.1, -0.05) is 6.92 Å². The number of imidazole rings is 1. The van der Waals surface area contributed by atoms with E-state index >= 15 is 0 Å². The first kappa shape index (κ1) is 12.6. The summed E-state index contributed by atoms with van der Waals surface area (Å²) in [5.41, 5.74) is 0.496. The third kappa shape index (κ3) is 2.51. The van der Waals surface area contributed by atoms with Gasteiger partial charge >= 0.3 is 0 Å². The van der Waals surface area contributed by atoms with Gasteiger partial charge in [0, 0.05) is 13.1 Å². The maximum atomic E-state index is 9.03. The van der Waals surface area contributed by atoms with E-state index in [0.29, 0.717) is 18.8 Å². The zero-order valence-corrected chi connectivity index (χ0v) is 10.3. The lowest BCUT2D eigenvalue weighted by molar-refractivity contribution is -0.0344. The highest BCUT2D eigenvalue weighted by molar-refractivity contribution is 5.36. The van der Waals surface area contributed by atoms with Crippen molar-refractivity contribution in [1.29, 1.82) is 10.5 Å². The minimum Gasteiger partial charge on any atom is -0.374 e.